The number of rotatable bonds is 4. The zero-order valence-corrected chi connectivity index (χ0v) is 11.1. The van der Waals surface area contributed by atoms with Crippen molar-refractivity contribution >= 4 is 12.0 Å². The van der Waals surface area contributed by atoms with Crippen LogP contribution in [0.15, 0.2) is 47.7 Å². The maximum absolute atomic E-state index is 12.4. The van der Waals surface area contributed by atoms with Gasteiger partial charge in [0.25, 0.3) is 0 Å². The highest BCUT2D eigenvalue weighted by Crippen LogP contribution is 2.28. The molecule has 2 aromatic rings. The second-order valence-corrected chi connectivity index (χ2v) is 4.04. The third-order valence-corrected chi connectivity index (χ3v) is 2.61. The van der Waals surface area contributed by atoms with Gasteiger partial charge in [0.15, 0.2) is 0 Å². The van der Waals surface area contributed by atoms with Crippen molar-refractivity contribution < 1.29 is 17.9 Å². The predicted molar refractivity (Wildman–Crippen MR) is 73.4 cm³/mol. The van der Waals surface area contributed by atoms with Gasteiger partial charge in [0, 0.05) is 11.8 Å². The van der Waals surface area contributed by atoms with E-state index in [4.69, 9.17) is 4.74 Å². The molecule has 21 heavy (non-hydrogen) atoms. The number of nitrogens with one attached hydrogen (secondary N) is 1. The zero-order valence-electron chi connectivity index (χ0n) is 11.1. The van der Waals surface area contributed by atoms with Crippen molar-refractivity contribution in [2.75, 3.05) is 12.5 Å². The number of para-hydroxylation sites is 1. The van der Waals surface area contributed by atoms with E-state index in [0.717, 1.165) is 17.8 Å². The van der Waals surface area contributed by atoms with Gasteiger partial charge in [0.1, 0.15) is 11.6 Å². The summed E-state index contributed by atoms with van der Waals surface area (Å²) < 4.78 is 42.3. The minimum Gasteiger partial charge on any atom is -0.496 e. The molecular formula is C14H12F3N3O. The molecule has 0 saturated heterocycles. The van der Waals surface area contributed by atoms with Crippen LogP contribution in [0.25, 0.3) is 0 Å². The lowest BCUT2D eigenvalue weighted by atomic mass is 10.2. The molecular weight excluding hydrogens is 283 g/mol. The lowest BCUT2D eigenvalue weighted by molar-refractivity contribution is -0.137. The molecule has 1 heterocycles. The van der Waals surface area contributed by atoms with Crippen LogP contribution < -0.4 is 10.2 Å². The number of pyridine rings is 1. The molecule has 0 unspecified atom stereocenters. The van der Waals surface area contributed by atoms with E-state index in [1.807, 2.05) is 12.1 Å². The van der Waals surface area contributed by atoms with Gasteiger partial charge in [-0.2, -0.15) is 18.3 Å². The van der Waals surface area contributed by atoms with Crippen molar-refractivity contribution in [3.63, 3.8) is 0 Å². The third-order valence-electron chi connectivity index (χ3n) is 2.61. The maximum Gasteiger partial charge on any atom is 0.417 e. The number of nitrogens with zero attached hydrogens (tertiary/aromatic N) is 2. The summed E-state index contributed by atoms with van der Waals surface area (Å²) in [5.74, 6) is 0.859. The number of ether oxygens (including phenoxy) is 1. The summed E-state index contributed by atoms with van der Waals surface area (Å²) >= 11 is 0. The number of halogens is 3. The summed E-state index contributed by atoms with van der Waals surface area (Å²) in [7, 11) is 1.54. The molecule has 1 aromatic heterocycles. The monoisotopic (exact) mass is 295 g/mol. The van der Waals surface area contributed by atoms with Crippen molar-refractivity contribution in [3.8, 4) is 5.75 Å². The highest BCUT2D eigenvalue weighted by Gasteiger charge is 2.30. The Morgan fingerprint density at radius 1 is 1.19 bits per heavy atom. The van der Waals surface area contributed by atoms with Gasteiger partial charge in [0.05, 0.1) is 18.9 Å². The van der Waals surface area contributed by atoms with E-state index in [1.54, 1.807) is 12.1 Å². The smallest absolute Gasteiger partial charge is 0.417 e. The van der Waals surface area contributed by atoms with Crippen molar-refractivity contribution in [2.24, 2.45) is 5.10 Å². The molecule has 4 nitrogen and oxygen atoms in total. The summed E-state index contributed by atoms with van der Waals surface area (Å²) in [6.07, 6.45) is -2.15. The number of hydrogen-bond acceptors (Lipinski definition) is 4. The first-order valence-corrected chi connectivity index (χ1v) is 5.96. The molecule has 0 spiro atoms. The Kier molecular flexibility index (Phi) is 4.42. The average Bonchev–Trinajstić information content (AvgIpc) is 2.47. The predicted octanol–water partition coefficient (Wildman–Crippen LogP) is 3.56. The average molecular weight is 295 g/mol. The van der Waals surface area contributed by atoms with Gasteiger partial charge in [-0.1, -0.05) is 12.1 Å². The minimum absolute atomic E-state index is 0.217. The van der Waals surface area contributed by atoms with Gasteiger partial charge < -0.3 is 4.74 Å². The summed E-state index contributed by atoms with van der Waals surface area (Å²) in [6, 6.07) is 9.36. The lowest BCUT2D eigenvalue weighted by Crippen LogP contribution is -2.05. The minimum atomic E-state index is -4.40. The number of hydrogen-bond donors (Lipinski definition) is 1. The van der Waals surface area contributed by atoms with E-state index in [0.29, 0.717) is 5.75 Å². The van der Waals surface area contributed by atoms with Crippen molar-refractivity contribution in [2.45, 2.75) is 6.18 Å². The summed E-state index contributed by atoms with van der Waals surface area (Å²) in [5.41, 5.74) is 2.49. The maximum atomic E-state index is 12.4. The van der Waals surface area contributed by atoms with Crippen molar-refractivity contribution in [1.82, 2.24) is 4.98 Å². The molecule has 2 rings (SSSR count). The molecule has 0 saturated carbocycles. The van der Waals surface area contributed by atoms with E-state index < -0.39 is 11.7 Å². The molecule has 0 atom stereocenters. The molecule has 1 aromatic carbocycles. The van der Waals surface area contributed by atoms with Gasteiger partial charge in [-0.3, -0.25) is 5.43 Å². The Balaban J connectivity index is 2.04. The second-order valence-electron chi connectivity index (χ2n) is 4.04. The Morgan fingerprint density at radius 3 is 2.57 bits per heavy atom. The van der Waals surface area contributed by atoms with E-state index in [-0.39, 0.29) is 5.82 Å². The fraction of sp³-hybridized carbons (Fsp3) is 0.143. The Bertz CT molecular complexity index is 624. The van der Waals surface area contributed by atoms with Gasteiger partial charge in [0.2, 0.25) is 0 Å². The topological polar surface area (TPSA) is 46.5 Å². The molecule has 7 heteroatoms. The second kappa shape index (κ2) is 6.25. The van der Waals surface area contributed by atoms with E-state index in [9.17, 15) is 13.2 Å². The summed E-state index contributed by atoms with van der Waals surface area (Å²) in [4.78, 5) is 3.64. The number of anilines is 1. The highest BCUT2D eigenvalue weighted by molar-refractivity contribution is 5.83. The van der Waals surface area contributed by atoms with Crippen LogP contribution in [0.1, 0.15) is 11.1 Å². The number of hydrazone groups is 1. The van der Waals surface area contributed by atoms with Gasteiger partial charge in [-0.25, -0.2) is 4.98 Å². The van der Waals surface area contributed by atoms with Crippen LogP contribution in [0.3, 0.4) is 0 Å². The molecule has 1 N–H and O–H groups in total. The Labute approximate surface area is 119 Å². The molecule has 0 bridgehead atoms. The van der Waals surface area contributed by atoms with Gasteiger partial charge in [-0.05, 0) is 24.3 Å². The SMILES string of the molecule is COc1ccccc1/C=N\Nc1ccc(C(F)(F)F)cn1. The highest BCUT2D eigenvalue weighted by atomic mass is 19.4. The van der Waals surface area contributed by atoms with E-state index in [1.165, 1.54) is 19.4 Å². The first-order chi connectivity index (χ1) is 10.0. The molecule has 0 radical (unpaired) electrons. The van der Waals surface area contributed by atoms with Gasteiger partial charge in [-0.15, -0.1) is 0 Å². The summed E-state index contributed by atoms with van der Waals surface area (Å²) in [5, 5.41) is 3.91. The van der Waals surface area contributed by atoms with Crippen LogP contribution in [-0.2, 0) is 6.18 Å². The Morgan fingerprint density at radius 2 is 1.95 bits per heavy atom. The molecule has 0 aliphatic carbocycles. The van der Waals surface area contributed by atoms with Crippen LogP contribution in [0, 0.1) is 0 Å². The number of aromatic nitrogens is 1. The fourth-order valence-electron chi connectivity index (χ4n) is 1.57. The Hall–Kier alpha value is -2.57. The van der Waals surface area contributed by atoms with Crippen LogP contribution in [0.4, 0.5) is 19.0 Å². The number of benzene rings is 1. The zero-order chi connectivity index (χ0) is 15.3. The molecule has 0 aliphatic rings. The normalized spacial score (nSPS) is 11.6. The number of methoxy groups -OCH3 is 1. The molecule has 110 valence electrons. The fourth-order valence-corrected chi connectivity index (χ4v) is 1.57. The third kappa shape index (κ3) is 3.95. The standard InChI is InChI=1S/C14H12F3N3O/c1-21-12-5-3-2-4-10(12)8-19-20-13-7-6-11(9-18-13)14(15,16)17/h2-9H,1H3,(H,18,20)/b19-8-. The van der Waals surface area contributed by atoms with Crippen LogP contribution in [-0.4, -0.2) is 18.3 Å². The summed E-state index contributed by atoms with van der Waals surface area (Å²) in [6.45, 7) is 0. The van der Waals surface area contributed by atoms with Crippen LogP contribution in [0.2, 0.25) is 0 Å². The van der Waals surface area contributed by atoms with Crippen molar-refractivity contribution in [3.05, 3.63) is 53.7 Å². The quantitative estimate of drug-likeness (QED) is 0.693. The van der Waals surface area contributed by atoms with Crippen molar-refractivity contribution in [1.29, 1.82) is 0 Å². The number of alkyl halides is 3. The first-order valence-electron chi connectivity index (χ1n) is 5.96. The largest absolute Gasteiger partial charge is 0.496 e. The molecule has 0 amide bonds. The van der Waals surface area contributed by atoms with Crippen LogP contribution >= 0.6 is 0 Å². The molecule has 0 aliphatic heterocycles. The molecule has 0 fully saturated rings. The van der Waals surface area contributed by atoms with E-state index >= 15 is 0 Å². The van der Waals surface area contributed by atoms with Crippen LogP contribution in [0.5, 0.6) is 5.75 Å². The van der Waals surface area contributed by atoms with Gasteiger partial charge >= 0.3 is 6.18 Å². The van der Waals surface area contributed by atoms with E-state index in [2.05, 4.69) is 15.5 Å². The first kappa shape index (κ1) is 14.8. The lowest BCUT2D eigenvalue weighted by Gasteiger charge is -2.06.